The molecular weight excluding hydrogens is 375 g/mol. The van der Waals surface area contributed by atoms with Crippen LogP contribution in [0, 0.1) is 0 Å². The first-order valence-corrected chi connectivity index (χ1v) is 9.22. The van der Waals surface area contributed by atoms with Crippen LogP contribution in [0.2, 0.25) is 0 Å². The first-order valence-electron chi connectivity index (χ1n) is 8.46. The Hall–Kier alpha value is -2.04. The van der Waals surface area contributed by atoms with E-state index in [1.54, 1.807) is 24.3 Å². The third-order valence-electron chi connectivity index (χ3n) is 4.89. The molecule has 0 aromatic heterocycles. The van der Waals surface area contributed by atoms with Crippen molar-refractivity contribution >= 4 is 34.1 Å². The summed E-state index contributed by atoms with van der Waals surface area (Å²) in [4.78, 5) is 22.7. The molecule has 4 nitrogen and oxygen atoms in total. The van der Waals surface area contributed by atoms with Gasteiger partial charge in [0.25, 0.3) is 0 Å². The Morgan fingerprint density at radius 1 is 0.731 bits per heavy atom. The molecule has 1 fully saturated rings. The molecule has 0 bridgehead atoms. The summed E-state index contributed by atoms with van der Waals surface area (Å²) < 4.78 is 10.5. The number of hydrogen-bond acceptors (Lipinski definition) is 4. The quantitative estimate of drug-likeness (QED) is 0.563. The number of halogens is 2. The minimum atomic E-state index is -0.885. The van der Waals surface area contributed by atoms with Gasteiger partial charge in [0.05, 0.1) is 0 Å². The molecule has 6 heteroatoms. The highest BCUT2D eigenvalue weighted by Gasteiger charge is 2.40. The van der Waals surface area contributed by atoms with Crippen molar-refractivity contribution in [3.63, 3.8) is 0 Å². The van der Waals surface area contributed by atoms with Crippen molar-refractivity contribution < 1.29 is 19.1 Å². The van der Waals surface area contributed by atoms with Gasteiger partial charge in [0.1, 0.15) is 11.5 Å². The lowest BCUT2D eigenvalue weighted by atomic mass is 9.65. The number of para-hydroxylation sites is 2. The first kappa shape index (κ1) is 18.7. The van der Waals surface area contributed by atoms with Crippen molar-refractivity contribution in [1.82, 2.24) is 0 Å². The van der Waals surface area contributed by atoms with Gasteiger partial charge >= 0.3 is 10.9 Å². The maximum Gasteiger partial charge on any atom is 0.409 e. The Bertz CT molecular complexity index is 751. The molecule has 3 rings (SSSR count). The summed E-state index contributed by atoms with van der Waals surface area (Å²) >= 11 is 10.9. The van der Waals surface area contributed by atoms with Gasteiger partial charge in [-0.1, -0.05) is 55.7 Å². The average Bonchev–Trinajstić information content (AvgIpc) is 2.62. The largest absolute Gasteiger partial charge is 0.414 e. The van der Waals surface area contributed by atoms with E-state index in [1.807, 2.05) is 24.3 Å². The number of rotatable bonds is 4. The zero-order valence-corrected chi connectivity index (χ0v) is 15.6. The Kier molecular flexibility index (Phi) is 5.84. The number of benzene rings is 2. The highest BCUT2D eigenvalue weighted by atomic mass is 35.5. The molecule has 2 aromatic rings. The fourth-order valence-electron chi connectivity index (χ4n) is 3.91. The molecule has 0 aliphatic heterocycles. The second kappa shape index (κ2) is 8.11. The highest BCUT2D eigenvalue weighted by Crippen LogP contribution is 2.50. The maximum atomic E-state index is 11.4. The Morgan fingerprint density at radius 2 is 1.15 bits per heavy atom. The van der Waals surface area contributed by atoms with Crippen LogP contribution in [-0.2, 0) is 5.41 Å². The van der Waals surface area contributed by atoms with Crippen molar-refractivity contribution in [2.24, 2.45) is 0 Å². The second-order valence-electron chi connectivity index (χ2n) is 6.31. The Balaban J connectivity index is 2.19. The second-order valence-corrected chi connectivity index (χ2v) is 6.93. The standard InChI is InChI=1S/C20H18Cl2O4/c21-18(23)25-16-10-4-2-8-14(16)20(12-6-1-7-13-20)15-9-3-5-11-17(15)26-19(22)24/h2-5,8-11H,1,6-7,12-13H2. The zero-order valence-electron chi connectivity index (χ0n) is 14.0. The van der Waals surface area contributed by atoms with E-state index < -0.39 is 16.3 Å². The van der Waals surface area contributed by atoms with E-state index in [2.05, 4.69) is 0 Å². The normalized spacial score (nSPS) is 15.9. The van der Waals surface area contributed by atoms with Crippen LogP contribution >= 0.6 is 23.2 Å². The first-order chi connectivity index (χ1) is 12.5. The van der Waals surface area contributed by atoms with Crippen molar-refractivity contribution in [3.05, 3.63) is 59.7 Å². The maximum absolute atomic E-state index is 11.4. The number of carbonyl (C=O) groups is 2. The van der Waals surface area contributed by atoms with Crippen molar-refractivity contribution in [1.29, 1.82) is 0 Å². The summed E-state index contributed by atoms with van der Waals surface area (Å²) in [6.45, 7) is 0. The van der Waals surface area contributed by atoms with Crippen LogP contribution in [0.25, 0.3) is 0 Å². The molecule has 136 valence electrons. The van der Waals surface area contributed by atoms with Gasteiger partial charge in [-0.3, -0.25) is 0 Å². The van der Waals surface area contributed by atoms with Crippen LogP contribution in [-0.4, -0.2) is 10.9 Å². The molecule has 26 heavy (non-hydrogen) atoms. The molecule has 0 saturated heterocycles. The van der Waals surface area contributed by atoms with Gasteiger partial charge in [-0.05, 0) is 25.0 Å². The van der Waals surface area contributed by atoms with E-state index in [0.717, 1.165) is 43.2 Å². The smallest absolute Gasteiger partial charge is 0.409 e. The molecule has 1 saturated carbocycles. The summed E-state index contributed by atoms with van der Waals surface area (Å²) in [6.07, 6.45) is 4.80. The van der Waals surface area contributed by atoms with Crippen LogP contribution in [0.3, 0.4) is 0 Å². The van der Waals surface area contributed by atoms with E-state index in [-0.39, 0.29) is 0 Å². The summed E-state index contributed by atoms with van der Waals surface area (Å²) in [6, 6.07) is 14.7. The van der Waals surface area contributed by atoms with Gasteiger partial charge in [0.2, 0.25) is 0 Å². The SMILES string of the molecule is O=C(Cl)Oc1ccccc1C1(c2ccccc2OC(=O)Cl)CCCCC1. The molecule has 0 amide bonds. The summed E-state index contributed by atoms with van der Waals surface area (Å²) in [5, 5.41) is 0. The molecule has 0 spiro atoms. The molecule has 0 N–H and O–H groups in total. The average molecular weight is 393 g/mol. The van der Waals surface area contributed by atoms with Crippen molar-refractivity contribution in [3.8, 4) is 11.5 Å². The lowest BCUT2D eigenvalue weighted by Crippen LogP contribution is -2.32. The van der Waals surface area contributed by atoms with E-state index in [9.17, 15) is 9.59 Å². The molecule has 1 aliphatic carbocycles. The molecule has 0 heterocycles. The minimum absolute atomic E-state index is 0.418. The summed E-state index contributed by atoms with van der Waals surface area (Å²) in [5.74, 6) is 0.836. The van der Waals surface area contributed by atoms with E-state index in [1.165, 1.54) is 0 Å². The van der Waals surface area contributed by atoms with Gasteiger partial charge in [-0.15, -0.1) is 0 Å². The van der Waals surface area contributed by atoms with E-state index in [0.29, 0.717) is 11.5 Å². The molecular formula is C20H18Cl2O4. The third-order valence-corrected chi connectivity index (χ3v) is 5.05. The van der Waals surface area contributed by atoms with Gasteiger partial charge in [-0.25, -0.2) is 9.59 Å². The molecule has 1 aliphatic rings. The molecule has 0 radical (unpaired) electrons. The van der Waals surface area contributed by atoms with Gasteiger partial charge < -0.3 is 9.47 Å². The van der Waals surface area contributed by atoms with Gasteiger partial charge in [-0.2, -0.15) is 0 Å². The van der Waals surface area contributed by atoms with E-state index in [4.69, 9.17) is 32.7 Å². The monoisotopic (exact) mass is 392 g/mol. The predicted octanol–water partition coefficient (Wildman–Crippen LogP) is 6.41. The van der Waals surface area contributed by atoms with Crippen molar-refractivity contribution in [2.45, 2.75) is 37.5 Å². The van der Waals surface area contributed by atoms with E-state index >= 15 is 0 Å². The summed E-state index contributed by atoms with van der Waals surface area (Å²) in [7, 11) is 0. The summed E-state index contributed by atoms with van der Waals surface area (Å²) in [5.41, 5.74) is -0.518. The van der Waals surface area contributed by atoms with Crippen LogP contribution in [0.5, 0.6) is 11.5 Å². The topological polar surface area (TPSA) is 52.6 Å². The molecule has 0 unspecified atom stereocenters. The molecule has 2 aromatic carbocycles. The Morgan fingerprint density at radius 3 is 1.58 bits per heavy atom. The third kappa shape index (κ3) is 3.87. The van der Waals surface area contributed by atoms with Crippen LogP contribution < -0.4 is 9.47 Å². The van der Waals surface area contributed by atoms with Crippen LogP contribution in [0.15, 0.2) is 48.5 Å². The highest BCUT2D eigenvalue weighted by molar-refractivity contribution is 6.61. The lowest BCUT2D eigenvalue weighted by Gasteiger charge is -2.39. The van der Waals surface area contributed by atoms with Crippen molar-refractivity contribution in [2.75, 3.05) is 0 Å². The molecule has 0 atom stereocenters. The Labute approximate surface area is 162 Å². The van der Waals surface area contributed by atoms with Crippen LogP contribution in [0.1, 0.15) is 43.2 Å². The van der Waals surface area contributed by atoms with Gasteiger partial charge in [0, 0.05) is 39.7 Å². The minimum Gasteiger partial charge on any atom is -0.414 e. The fraction of sp³-hybridized carbons (Fsp3) is 0.300. The lowest BCUT2D eigenvalue weighted by molar-refractivity contribution is 0.222. The number of carbonyl (C=O) groups excluding carboxylic acids is 2. The van der Waals surface area contributed by atoms with Crippen LogP contribution in [0.4, 0.5) is 9.59 Å². The zero-order chi connectivity index (χ0) is 18.6. The predicted molar refractivity (Wildman–Crippen MR) is 101 cm³/mol. The number of hydrogen-bond donors (Lipinski definition) is 0. The van der Waals surface area contributed by atoms with Gasteiger partial charge in [0.15, 0.2) is 0 Å². The fourth-order valence-corrected chi connectivity index (χ4v) is 4.08. The number of ether oxygens (including phenoxy) is 2.